The van der Waals surface area contributed by atoms with Crippen molar-refractivity contribution in [2.75, 3.05) is 13.7 Å². The molecular weight excluding hydrogens is 474 g/mol. The Hall–Kier alpha value is -4.58. The molecule has 1 unspecified atom stereocenters. The molecule has 1 atom stereocenters. The van der Waals surface area contributed by atoms with Crippen molar-refractivity contribution in [3.05, 3.63) is 126 Å². The summed E-state index contributed by atoms with van der Waals surface area (Å²) in [6, 6.07) is 29.9. The van der Waals surface area contributed by atoms with E-state index >= 15 is 0 Å². The van der Waals surface area contributed by atoms with Gasteiger partial charge in [-0.05, 0) is 59.2 Å². The maximum atomic E-state index is 13.2. The third kappa shape index (κ3) is 6.21. The summed E-state index contributed by atoms with van der Waals surface area (Å²) in [6.07, 6.45) is 4.75. The maximum absolute atomic E-state index is 13.2. The molecule has 2 N–H and O–H groups in total. The first-order chi connectivity index (χ1) is 18.7. The Morgan fingerprint density at radius 3 is 2.63 bits per heavy atom. The second kappa shape index (κ2) is 12.1. The van der Waals surface area contributed by atoms with Crippen LogP contribution in [0.2, 0.25) is 0 Å². The molecule has 38 heavy (non-hydrogen) atoms. The van der Waals surface area contributed by atoms with Gasteiger partial charge in [-0.3, -0.25) is 9.78 Å². The molecule has 2 aromatic heterocycles. The van der Waals surface area contributed by atoms with Crippen LogP contribution in [0.5, 0.6) is 11.5 Å². The fourth-order valence-corrected chi connectivity index (χ4v) is 4.64. The molecule has 3 aromatic carbocycles. The third-order valence-corrected chi connectivity index (χ3v) is 6.62. The number of H-pyrrole nitrogens is 1. The van der Waals surface area contributed by atoms with E-state index in [-0.39, 0.29) is 11.8 Å². The van der Waals surface area contributed by atoms with Gasteiger partial charge in [0.25, 0.3) is 0 Å². The fourth-order valence-electron chi connectivity index (χ4n) is 4.64. The first kappa shape index (κ1) is 25.1. The van der Waals surface area contributed by atoms with Crippen LogP contribution < -0.4 is 14.8 Å². The number of ether oxygens (including phenoxy) is 2. The highest BCUT2D eigenvalue weighted by molar-refractivity contribution is 5.87. The standard InChI is InChI=1S/C32H31N3O3/c1-37-26-13-14-31-29(19-26)30(21-35-31)28(20-32(36)34-17-15-25-11-5-6-16-33-25)24-10-7-12-27(18-24)38-22-23-8-3-2-4-9-23/h2-14,16,18-19,21,28,35H,15,17,20,22H2,1H3,(H,34,36). The van der Waals surface area contributed by atoms with Gasteiger partial charge in [-0.15, -0.1) is 0 Å². The minimum atomic E-state index is -0.175. The summed E-state index contributed by atoms with van der Waals surface area (Å²) in [4.78, 5) is 20.9. The molecule has 6 heteroatoms. The molecule has 192 valence electrons. The predicted octanol–water partition coefficient (Wildman–Crippen LogP) is 6.03. The summed E-state index contributed by atoms with van der Waals surface area (Å²) in [5, 5.41) is 4.11. The van der Waals surface area contributed by atoms with Crippen LogP contribution in [-0.4, -0.2) is 29.5 Å². The summed E-state index contributed by atoms with van der Waals surface area (Å²) in [5.41, 5.74) is 5.11. The van der Waals surface area contributed by atoms with E-state index in [0.717, 1.165) is 44.8 Å². The Bertz CT molecular complexity index is 1480. The fraction of sp³-hybridized carbons (Fsp3) is 0.188. The van der Waals surface area contributed by atoms with E-state index in [0.29, 0.717) is 26.0 Å². The Balaban J connectivity index is 1.39. The van der Waals surface area contributed by atoms with Crippen LogP contribution in [0.1, 0.15) is 34.7 Å². The molecule has 0 radical (unpaired) electrons. The number of nitrogens with one attached hydrogen (secondary N) is 2. The highest BCUT2D eigenvalue weighted by Crippen LogP contribution is 2.36. The number of rotatable bonds is 11. The number of nitrogens with zero attached hydrogens (tertiary/aromatic N) is 1. The molecule has 0 fully saturated rings. The number of methoxy groups -OCH3 is 1. The number of aromatic amines is 1. The van der Waals surface area contributed by atoms with Crippen molar-refractivity contribution >= 4 is 16.8 Å². The van der Waals surface area contributed by atoms with Crippen molar-refractivity contribution in [1.82, 2.24) is 15.3 Å². The van der Waals surface area contributed by atoms with Crippen LogP contribution in [0, 0.1) is 0 Å². The van der Waals surface area contributed by atoms with Gasteiger partial charge in [-0.1, -0.05) is 48.5 Å². The maximum Gasteiger partial charge on any atom is 0.220 e. The van der Waals surface area contributed by atoms with E-state index in [1.54, 1.807) is 13.3 Å². The van der Waals surface area contributed by atoms with Crippen LogP contribution in [0.15, 0.2) is 103 Å². The lowest BCUT2D eigenvalue weighted by molar-refractivity contribution is -0.121. The average Bonchev–Trinajstić information content (AvgIpc) is 3.39. The largest absolute Gasteiger partial charge is 0.497 e. The van der Waals surface area contributed by atoms with Gasteiger partial charge < -0.3 is 19.8 Å². The number of pyridine rings is 1. The van der Waals surface area contributed by atoms with Gasteiger partial charge in [0.1, 0.15) is 18.1 Å². The van der Waals surface area contributed by atoms with E-state index in [9.17, 15) is 4.79 Å². The lowest BCUT2D eigenvalue weighted by Crippen LogP contribution is -2.27. The van der Waals surface area contributed by atoms with Gasteiger partial charge in [0.15, 0.2) is 0 Å². The first-order valence-corrected chi connectivity index (χ1v) is 12.8. The lowest BCUT2D eigenvalue weighted by Gasteiger charge is -2.19. The molecule has 0 saturated heterocycles. The second-order valence-corrected chi connectivity index (χ2v) is 9.18. The van der Waals surface area contributed by atoms with Crippen LogP contribution in [0.4, 0.5) is 0 Å². The Labute approximate surface area is 222 Å². The zero-order chi connectivity index (χ0) is 26.2. The van der Waals surface area contributed by atoms with Gasteiger partial charge in [0.05, 0.1) is 7.11 Å². The van der Waals surface area contributed by atoms with Crippen molar-refractivity contribution in [1.29, 1.82) is 0 Å². The van der Waals surface area contributed by atoms with Gasteiger partial charge in [0, 0.05) is 54.3 Å². The topological polar surface area (TPSA) is 76.2 Å². The molecule has 6 nitrogen and oxygen atoms in total. The molecule has 0 aliphatic heterocycles. The second-order valence-electron chi connectivity index (χ2n) is 9.18. The summed E-state index contributed by atoms with van der Waals surface area (Å²) >= 11 is 0. The van der Waals surface area contributed by atoms with Gasteiger partial charge >= 0.3 is 0 Å². The normalized spacial score (nSPS) is 11.7. The molecule has 2 heterocycles. The van der Waals surface area contributed by atoms with Crippen LogP contribution in [0.25, 0.3) is 10.9 Å². The Kier molecular flexibility index (Phi) is 7.99. The van der Waals surface area contributed by atoms with Crippen molar-refractivity contribution < 1.29 is 14.3 Å². The monoisotopic (exact) mass is 505 g/mol. The molecule has 5 aromatic rings. The van der Waals surface area contributed by atoms with E-state index in [1.165, 1.54) is 0 Å². The molecule has 5 rings (SSSR count). The van der Waals surface area contributed by atoms with Crippen LogP contribution in [-0.2, 0) is 17.8 Å². The number of carbonyl (C=O) groups is 1. The number of carbonyl (C=O) groups excluding carboxylic acids is 1. The summed E-state index contributed by atoms with van der Waals surface area (Å²) < 4.78 is 11.6. The van der Waals surface area contributed by atoms with Crippen molar-refractivity contribution in [2.45, 2.75) is 25.4 Å². The van der Waals surface area contributed by atoms with Gasteiger partial charge in [-0.2, -0.15) is 0 Å². The van der Waals surface area contributed by atoms with E-state index in [2.05, 4.69) is 21.4 Å². The number of benzene rings is 3. The number of hydrogen-bond acceptors (Lipinski definition) is 4. The van der Waals surface area contributed by atoms with Gasteiger partial charge in [-0.25, -0.2) is 0 Å². The molecule has 0 bridgehead atoms. The SMILES string of the molecule is COc1ccc2[nH]cc(C(CC(=O)NCCc3ccccn3)c3cccc(OCc4ccccc4)c3)c2c1. The highest BCUT2D eigenvalue weighted by atomic mass is 16.5. The number of hydrogen-bond donors (Lipinski definition) is 2. The zero-order valence-electron chi connectivity index (χ0n) is 21.4. The predicted molar refractivity (Wildman–Crippen MR) is 149 cm³/mol. The quantitative estimate of drug-likeness (QED) is 0.230. The van der Waals surface area contributed by atoms with E-state index in [1.807, 2.05) is 91.1 Å². The summed E-state index contributed by atoms with van der Waals surface area (Å²) in [7, 11) is 1.66. The number of fused-ring (bicyclic) bond motifs is 1. The molecule has 0 aliphatic carbocycles. The Morgan fingerprint density at radius 1 is 0.947 bits per heavy atom. The van der Waals surface area contributed by atoms with Crippen molar-refractivity contribution in [3.63, 3.8) is 0 Å². The summed E-state index contributed by atoms with van der Waals surface area (Å²) in [6.45, 7) is 1.01. The number of aromatic nitrogens is 2. The van der Waals surface area contributed by atoms with Crippen LogP contribution in [0.3, 0.4) is 0 Å². The molecule has 0 aliphatic rings. The number of amides is 1. The van der Waals surface area contributed by atoms with E-state index < -0.39 is 0 Å². The highest BCUT2D eigenvalue weighted by Gasteiger charge is 2.22. The van der Waals surface area contributed by atoms with E-state index in [4.69, 9.17) is 9.47 Å². The lowest BCUT2D eigenvalue weighted by atomic mass is 9.87. The minimum absolute atomic E-state index is 0.0150. The molecule has 0 saturated carbocycles. The zero-order valence-corrected chi connectivity index (χ0v) is 21.4. The van der Waals surface area contributed by atoms with Crippen molar-refractivity contribution in [2.24, 2.45) is 0 Å². The first-order valence-electron chi connectivity index (χ1n) is 12.8. The third-order valence-electron chi connectivity index (χ3n) is 6.62. The summed E-state index contributed by atoms with van der Waals surface area (Å²) in [5.74, 6) is 1.35. The molecule has 1 amide bonds. The average molecular weight is 506 g/mol. The molecular formula is C32H31N3O3. The molecule has 0 spiro atoms. The minimum Gasteiger partial charge on any atom is -0.497 e. The van der Waals surface area contributed by atoms with Crippen molar-refractivity contribution in [3.8, 4) is 11.5 Å². The Morgan fingerprint density at radius 2 is 1.82 bits per heavy atom. The van der Waals surface area contributed by atoms with Crippen LogP contribution >= 0.6 is 0 Å². The van der Waals surface area contributed by atoms with Gasteiger partial charge in [0.2, 0.25) is 5.91 Å². The smallest absolute Gasteiger partial charge is 0.220 e.